The van der Waals surface area contributed by atoms with Crippen molar-refractivity contribution in [2.75, 3.05) is 0 Å². The summed E-state index contributed by atoms with van der Waals surface area (Å²) in [6, 6.07) is 7.42. The zero-order valence-corrected chi connectivity index (χ0v) is 14.7. The first-order valence-corrected chi connectivity index (χ1v) is 8.55. The van der Waals surface area contributed by atoms with Gasteiger partial charge in [0.1, 0.15) is 11.5 Å². The first kappa shape index (κ1) is 15.7. The van der Waals surface area contributed by atoms with Gasteiger partial charge in [0.05, 0.1) is 5.56 Å². The molecule has 3 aromatic rings. The maximum Gasteiger partial charge on any atom is 0.255 e. The van der Waals surface area contributed by atoms with Crippen LogP contribution in [0.25, 0.3) is 17.2 Å². The van der Waals surface area contributed by atoms with Crippen LogP contribution in [0.5, 0.6) is 0 Å². The lowest BCUT2D eigenvalue weighted by Crippen LogP contribution is -2.45. The molecule has 0 aromatic carbocycles. The first-order valence-electron chi connectivity index (χ1n) is 8.55. The third-order valence-electron chi connectivity index (χ3n) is 4.86. The monoisotopic (exact) mass is 335 g/mol. The van der Waals surface area contributed by atoms with Crippen LogP contribution in [-0.2, 0) is 0 Å². The van der Waals surface area contributed by atoms with Crippen LogP contribution in [0.2, 0.25) is 0 Å². The average molecular weight is 335 g/mol. The summed E-state index contributed by atoms with van der Waals surface area (Å²) < 4.78 is 1.84. The summed E-state index contributed by atoms with van der Waals surface area (Å²) in [7, 11) is 0. The van der Waals surface area contributed by atoms with Crippen molar-refractivity contribution in [1.29, 1.82) is 0 Å². The van der Waals surface area contributed by atoms with E-state index in [2.05, 4.69) is 34.1 Å². The molecule has 0 unspecified atom stereocenters. The van der Waals surface area contributed by atoms with E-state index < -0.39 is 0 Å². The largest absolute Gasteiger partial charge is 0.347 e. The molecule has 6 heteroatoms. The fourth-order valence-electron chi connectivity index (χ4n) is 3.19. The van der Waals surface area contributed by atoms with Crippen molar-refractivity contribution in [2.24, 2.45) is 5.92 Å². The van der Waals surface area contributed by atoms with Crippen LogP contribution in [0.4, 0.5) is 0 Å². The lowest BCUT2D eigenvalue weighted by Gasteiger charge is -2.25. The van der Waals surface area contributed by atoms with Crippen LogP contribution in [-0.4, -0.2) is 30.8 Å². The van der Waals surface area contributed by atoms with Crippen LogP contribution in [0.15, 0.2) is 36.7 Å². The Kier molecular flexibility index (Phi) is 3.56. The van der Waals surface area contributed by atoms with E-state index in [1.807, 2.05) is 35.7 Å². The van der Waals surface area contributed by atoms with Crippen molar-refractivity contribution >= 4 is 11.6 Å². The lowest BCUT2D eigenvalue weighted by molar-refractivity contribution is 0.0905. The van der Waals surface area contributed by atoms with Crippen molar-refractivity contribution in [2.45, 2.75) is 39.2 Å². The fourth-order valence-corrected chi connectivity index (χ4v) is 3.19. The Labute approximate surface area is 146 Å². The smallest absolute Gasteiger partial charge is 0.255 e. The minimum atomic E-state index is -0.197. The summed E-state index contributed by atoms with van der Waals surface area (Å²) in [5.74, 6) is 1.77. The van der Waals surface area contributed by atoms with E-state index in [9.17, 15) is 4.79 Å². The van der Waals surface area contributed by atoms with Gasteiger partial charge in [-0.25, -0.2) is 9.97 Å². The number of hydrogen-bond donors (Lipinski definition) is 1. The molecular weight excluding hydrogens is 314 g/mol. The maximum absolute atomic E-state index is 12.8. The van der Waals surface area contributed by atoms with Crippen molar-refractivity contribution in [3.8, 4) is 11.5 Å². The number of hydrogen-bond acceptors (Lipinski definition) is 4. The molecule has 0 saturated heterocycles. The van der Waals surface area contributed by atoms with Gasteiger partial charge in [0.15, 0.2) is 11.5 Å². The number of nitrogens with zero attached hydrogens (tertiary/aromatic N) is 4. The van der Waals surface area contributed by atoms with Crippen LogP contribution in [0.1, 0.15) is 42.9 Å². The third-order valence-corrected chi connectivity index (χ3v) is 4.86. The number of fused-ring (bicyclic) bond motifs is 1. The Bertz CT molecular complexity index is 941. The van der Waals surface area contributed by atoms with Gasteiger partial charge in [-0.05, 0) is 57.7 Å². The highest BCUT2D eigenvalue weighted by molar-refractivity contribution is 6.00. The van der Waals surface area contributed by atoms with E-state index in [1.54, 1.807) is 12.3 Å². The predicted octanol–water partition coefficient (Wildman–Crippen LogP) is 3.02. The molecule has 1 fully saturated rings. The van der Waals surface area contributed by atoms with E-state index in [-0.39, 0.29) is 11.4 Å². The van der Waals surface area contributed by atoms with E-state index in [0.29, 0.717) is 28.6 Å². The second kappa shape index (κ2) is 5.65. The predicted molar refractivity (Wildman–Crippen MR) is 95.2 cm³/mol. The Balaban J connectivity index is 1.75. The SMILES string of the molecule is Cc1nc(-c2ccccn2)nc2c(C(=O)NC(C)(C)C3CC3)ccn12. The highest BCUT2D eigenvalue weighted by Gasteiger charge is 2.39. The third kappa shape index (κ3) is 2.88. The summed E-state index contributed by atoms with van der Waals surface area (Å²) in [6.07, 6.45) is 5.90. The molecule has 6 nitrogen and oxygen atoms in total. The molecule has 3 aromatic heterocycles. The van der Waals surface area contributed by atoms with Crippen LogP contribution < -0.4 is 5.32 Å². The van der Waals surface area contributed by atoms with Crippen molar-refractivity contribution in [3.63, 3.8) is 0 Å². The molecule has 128 valence electrons. The van der Waals surface area contributed by atoms with Gasteiger partial charge in [-0.3, -0.25) is 14.2 Å². The summed E-state index contributed by atoms with van der Waals surface area (Å²) in [6.45, 7) is 6.07. The Morgan fingerprint density at radius 1 is 1.24 bits per heavy atom. The topological polar surface area (TPSA) is 72.2 Å². The molecule has 1 amide bonds. The van der Waals surface area contributed by atoms with Gasteiger partial charge in [-0.15, -0.1) is 0 Å². The standard InChI is InChI=1S/C19H21N5O/c1-12-21-16(15-6-4-5-10-20-15)22-17-14(9-11-24(12)17)18(25)23-19(2,3)13-7-8-13/h4-6,9-11,13H,7-8H2,1-3H3,(H,23,25). The van der Waals surface area contributed by atoms with Gasteiger partial charge in [0.25, 0.3) is 5.91 Å². The van der Waals surface area contributed by atoms with Gasteiger partial charge in [0, 0.05) is 17.9 Å². The average Bonchev–Trinajstić information content (AvgIpc) is 3.36. The fraction of sp³-hybridized carbons (Fsp3) is 0.368. The van der Waals surface area contributed by atoms with Gasteiger partial charge in [-0.2, -0.15) is 0 Å². The number of nitrogens with one attached hydrogen (secondary N) is 1. The van der Waals surface area contributed by atoms with E-state index in [0.717, 1.165) is 5.82 Å². The van der Waals surface area contributed by atoms with Gasteiger partial charge in [0.2, 0.25) is 0 Å². The molecule has 0 bridgehead atoms. The van der Waals surface area contributed by atoms with Crippen molar-refractivity contribution < 1.29 is 4.79 Å². The summed E-state index contributed by atoms with van der Waals surface area (Å²) in [5.41, 5.74) is 1.67. The molecule has 3 heterocycles. The van der Waals surface area contributed by atoms with E-state index in [1.165, 1.54) is 12.8 Å². The molecule has 1 saturated carbocycles. The summed E-state index contributed by atoms with van der Waals surface area (Å²) >= 11 is 0. The van der Waals surface area contributed by atoms with Gasteiger partial charge in [-0.1, -0.05) is 6.07 Å². The van der Waals surface area contributed by atoms with Gasteiger partial charge >= 0.3 is 0 Å². The van der Waals surface area contributed by atoms with Crippen LogP contribution in [0.3, 0.4) is 0 Å². The first-order chi connectivity index (χ1) is 12.0. The zero-order valence-electron chi connectivity index (χ0n) is 14.7. The molecular formula is C19H21N5O. The zero-order chi connectivity index (χ0) is 17.6. The molecule has 0 spiro atoms. The number of aromatic nitrogens is 4. The summed E-state index contributed by atoms with van der Waals surface area (Å²) in [5, 5.41) is 3.16. The number of amides is 1. The van der Waals surface area contributed by atoms with E-state index >= 15 is 0 Å². The Hall–Kier alpha value is -2.76. The second-order valence-electron chi connectivity index (χ2n) is 7.18. The molecule has 1 aliphatic rings. The molecule has 0 radical (unpaired) electrons. The number of carbonyl (C=O) groups is 1. The number of carbonyl (C=O) groups excluding carboxylic acids is 1. The molecule has 0 aliphatic heterocycles. The van der Waals surface area contributed by atoms with E-state index in [4.69, 9.17) is 0 Å². The highest BCUT2D eigenvalue weighted by atomic mass is 16.1. The van der Waals surface area contributed by atoms with Gasteiger partial charge < -0.3 is 5.32 Å². The lowest BCUT2D eigenvalue weighted by atomic mass is 9.98. The molecule has 1 aliphatic carbocycles. The van der Waals surface area contributed by atoms with Crippen LogP contribution in [0, 0.1) is 12.8 Å². The quantitative estimate of drug-likeness (QED) is 0.795. The molecule has 25 heavy (non-hydrogen) atoms. The van der Waals surface area contributed by atoms with Crippen LogP contribution >= 0.6 is 0 Å². The minimum absolute atomic E-state index is 0.0931. The minimum Gasteiger partial charge on any atom is -0.347 e. The number of pyridine rings is 1. The Morgan fingerprint density at radius 3 is 2.72 bits per heavy atom. The molecule has 4 rings (SSSR count). The van der Waals surface area contributed by atoms with Crippen molar-refractivity contribution in [1.82, 2.24) is 24.7 Å². The Morgan fingerprint density at radius 2 is 2.04 bits per heavy atom. The molecule has 0 atom stereocenters. The van der Waals surface area contributed by atoms with Crippen molar-refractivity contribution in [3.05, 3.63) is 48.0 Å². The normalized spacial score (nSPS) is 14.7. The summed E-state index contributed by atoms with van der Waals surface area (Å²) in [4.78, 5) is 26.3. The highest BCUT2D eigenvalue weighted by Crippen LogP contribution is 2.39. The molecule has 1 N–H and O–H groups in total. The second-order valence-corrected chi connectivity index (χ2v) is 7.18. The number of rotatable bonds is 4. The maximum atomic E-state index is 12.8. The number of aryl methyl sites for hydroxylation is 1.